The monoisotopic (exact) mass is 264 g/mol. The van der Waals surface area contributed by atoms with Crippen LogP contribution in [0.5, 0.6) is 0 Å². The molecule has 1 amide bonds. The van der Waals surface area contributed by atoms with Gasteiger partial charge in [-0.1, -0.05) is 13.8 Å². The number of aliphatic carboxylic acids is 1. The highest BCUT2D eigenvalue weighted by atomic mass is 16.4. The summed E-state index contributed by atoms with van der Waals surface area (Å²) in [5.74, 6) is 4.38. The van der Waals surface area contributed by atoms with Crippen LogP contribution in [0.3, 0.4) is 0 Å². The summed E-state index contributed by atoms with van der Waals surface area (Å²) in [5, 5.41) is 17.3. The first-order valence-corrected chi connectivity index (χ1v) is 5.46. The first-order chi connectivity index (χ1) is 8.07. The zero-order chi connectivity index (χ0) is 14.9. The van der Waals surface area contributed by atoms with Crippen LogP contribution in [-0.2, 0) is 4.79 Å². The largest absolute Gasteiger partial charge is 0.480 e. The van der Waals surface area contributed by atoms with Crippen molar-refractivity contribution in [2.24, 2.45) is 17.5 Å². The molecule has 0 aliphatic carbocycles. The van der Waals surface area contributed by atoms with Crippen LogP contribution in [-0.4, -0.2) is 65.4 Å². The quantitative estimate of drug-likeness (QED) is 0.297. The van der Waals surface area contributed by atoms with E-state index in [-0.39, 0.29) is 5.92 Å². The van der Waals surface area contributed by atoms with Crippen LogP contribution in [0, 0.1) is 5.92 Å². The van der Waals surface area contributed by atoms with Crippen molar-refractivity contribution in [1.82, 2.24) is 9.91 Å². The molecule has 0 aromatic heterocycles. The van der Waals surface area contributed by atoms with Gasteiger partial charge < -0.3 is 20.8 Å². The number of carboxylic acids is 1. The van der Waals surface area contributed by atoms with Crippen molar-refractivity contribution >= 4 is 12.1 Å². The Bertz CT molecular complexity index is 232. The first-order valence-electron chi connectivity index (χ1n) is 5.46. The third kappa shape index (κ3) is 12.7. The predicted molar refractivity (Wildman–Crippen MR) is 67.9 cm³/mol. The summed E-state index contributed by atoms with van der Waals surface area (Å²) >= 11 is 0. The molecule has 0 fully saturated rings. The maximum atomic E-state index is 10.1. The smallest absolute Gasteiger partial charge is 0.421 e. The van der Waals surface area contributed by atoms with Crippen molar-refractivity contribution in [1.29, 1.82) is 0 Å². The highest BCUT2D eigenvalue weighted by Gasteiger charge is 2.10. The maximum Gasteiger partial charge on any atom is 0.421 e. The fourth-order valence-electron chi connectivity index (χ4n) is 0.943. The van der Waals surface area contributed by atoms with Crippen molar-refractivity contribution in [3.05, 3.63) is 0 Å². The van der Waals surface area contributed by atoms with Gasteiger partial charge in [-0.25, -0.2) is 15.6 Å². The van der Waals surface area contributed by atoms with Gasteiger partial charge in [0.15, 0.2) is 0 Å². The Morgan fingerprint density at radius 3 is 1.72 bits per heavy atom. The molecule has 0 saturated carbocycles. The van der Waals surface area contributed by atoms with Crippen molar-refractivity contribution in [2.45, 2.75) is 19.9 Å². The lowest BCUT2D eigenvalue weighted by molar-refractivity contribution is -0.138. The predicted octanol–water partition coefficient (Wildman–Crippen LogP) is -0.544. The van der Waals surface area contributed by atoms with E-state index in [1.165, 1.54) is 0 Å². The van der Waals surface area contributed by atoms with Crippen LogP contribution in [0.25, 0.3) is 0 Å². The molecule has 8 heteroatoms. The van der Waals surface area contributed by atoms with Crippen molar-refractivity contribution < 1.29 is 19.8 Å². The lowest BCUT2D eigenvalue weighted by Crippen LogP contribution is -2.39. The molecule has 0 heterocycles. The van der Waals surface area contributed by atoms with Crippen LogP contribution >= 0.6 is 0 Å². The van der Waals surface area contributed by atoms with Gasteiger partial charge in [0, 0.05) is 13.1 Å². The van der Waals surface area contributed by atoms with Gasteiger partial charge in [0.2, 0.25) is 0 Å². The molecule has 18 heavy (non-hydrogen) atoms. The van der Waals surface area contributed by atoms with Crippen LogP contribution in [0.2, 0.25) is 0 Å². The van der Waals surface area contributed by atoms with Crippen LogP contribution in [0.4, 0.5) is 4.79 Å². The third-order valence-electron chi connectivity index (χ3n) is 1.69. The Kier molecular flexibility index (Phi) is 10.1. The van der Waals surface area contributed by atoms with Crippen molar-refractivity contribution in [2.75, 3.05) is 27.2 Å². The first kappa shape index (κ1) is 19.0. The summed E-state index contributed by atoms with van der Waals surface area (Å²) in [6.07, 6.45) is -1.08. The molecule has 1 atom stereocenters. The van der Waals surface area contributed by atoms with Gasteiger partial charge in [0.25, 0.3) is 0 Å². The molecule has 0 radical (unpaired) electrons. The molecule has 108 valence electrons. The molecular formula is C10H24N4O4. The molecular weight excluding hydrogens is 240 g/mol. The number of hydrogen-bond acceptors (Lipinski definition) is 5. The number of hydrazine groups is 1. The second-order valence-corrected chi connectivity index (χ2v) is 4.54. The van der Waals surface area contributed by atoms with Crippen LogP contribution in [0.1, 0.15) is 13.8 Å². The minimum absolute atomic E-state index is 0.283. The summed E-state index contributed by atoms with van der Waals surface area (Å²) < 4.78 is 0. The summed E-state index contributed by atoms with van der Waals surface area (Å²) in [6.45, 7) is 4.58. The minimum Gasteiger partial charge on any atom is -0.480 e. The molecule has 0 aliphatic rings. The molecule has 1 unspecified atom stereocenters. The molecule has 0 aliphatic heterocycles. The van der Waals surface area contributed by atoms with E-state index in [2.05, 4.69) is 0 Å². The third-order valence-corrected chi connectivity index (χ3v) is 1.69. The summed E-state index contributed by atoms with van der Waals surface area (Å²) in [4.78, 5) is 21.9. The van der Waals surface area contributed by atoms with Crippen LogP contribution < -0.4 is 11.6 Å². The molecule has 6 N–H and O–H groups in total. The Balaban J connectivity index is 0. The average molecular weight is 264 g/mol. The molecule has 0 aromatic carbocycles. The number of hydrogen-bond donors (Lipinski definition) is 4. The zero-order valence-corrected chi connectivity index (χ0v) is 11.3. The van der Waals surface area contributed by atoms with E-state index in [0.717, 1.165) is 5.01 Å². The number of nitrogens with two attached hydrogens (primary N) is 2. The second kappa shape index (κ2) is 9.63. The fraction of sp³-hybridized carbons (Fsp3) is 0.800. The van der Waals surface area contributed by atoms with E-state index in [0.29, 0.717) is 13.1 Å². The van der Waals surface area contributed by atoms with Gasteiger partial charge in [0.1, 0.15) is 6.04 Å². The van der Waals surface area contributed by atoms with Gasteiger partial charge in [-0.3, -0.25) is 4.79 Å². The normalized spacial score (nSPS) is 11.8. The van der Waals surface area contributed by atoms with E-state index >= 15 is 0 Å². The summed E-state index contributed by atoms with van der Waals surface area (Å²) in [7, 11) is 3.56. The van der Waals surface area contributed by atoms with Gasteiger partial charge in [-0.2, -0.15) is 0 Å². The number of carbonyl (C=O) groups is 2. The Hall–Kier alpha value is -1.38. The van der Waals surface area contributed by atoms with Gasteiger partial charge in [0.05, 0.1) is 0 Å². The Morgan fingerprint density at radius 2 is 1.61 bits per heavy atom. The van der Waals surface area contributed by atoms with Crippen LogP contribution in [0.15, 0.2) is 0 Å². The van der Waals surface area contributed by atoms with Gasteiger partial charge in [-0.05, 0) is 20.0 Å². The van der Waals surface area contributed by atoms with E-state index in [4.69, 9.17) is 21.8 Å². The standard InChI is InChI=1S/2C5H12N2O2/c1-7(2)3-4(6)5(8)9;1-4(2)3-7(6)5(8)9/h2*4H,3,6H2,1-2H3,(H,8,9). The fourth-order valence-corrected chi connectivity index (χ4v) is 0.943. The number of nitrogens with zero attached hydrogens (tertiary/aromatic N) is 2. The number of likely N-dealkylation sites (N-methyl/N-ethyl adjacent to an activating group) is 1. The molecule has 0 bridgehead atoms. The lowest BCUT2D eigenvalue weighted by atomic mass is 10.2. The van der Waals surface area contributed by atoms with E-state index in [1.54, 1.807) is 19.0 Å². The maximum absolute atomic E-state index is 10.1. The SMILES string of the molecule is CC(C)CN(N)C(=O)O.CN(C)CC(N)C(=O)O. The van der Waals surface area contributed by atoms with E-state index < -0.39 is 18.1 Å². The molecule has 0 spiro atoms. The van der Waals surface area contributed by atoms with Gasteiger partial charge >= 0.3 is 12.1 Å². The van der Waals surface area contributed by atoms with E-state index in [1.807, 2.05) is 13.8 Å². The summed E-state index contributed by atoms with van der Waals surface area (Å²) in [6, 6.07) is -0.764. The Morgan fingerprint density at radius 1 is 1.17 bits per heavy atom. The number of carboxylic acid groups (broad SMARTS) is 2. The van der Waals surface area contributed by atoms with Crippen molar-refractivity contribution in [3.8, 4) is 0 Å². The molecule has 0 saturated heterocycles. The summed E-state index contributed by atoms with van der Waals surface area (Å²) in [5.41, 5.74) is 5.18. The zero-order valence-electron chi connectivity index (χ0n) is 11.3. The van der Waals surface area contributed by atoms with Gasteiger partial charge in [-0.15, -0.1) is 0 Å². The second-order valence-electron chi connectivity index (χ2n) is 4.54. The van der Waals surface area contributed by atoms with Crippen molar-refractivity contribution in [3.63, 3.8) is 0 Å². The number of rotatable bonds is 5. The topological polar surface area (TPSA) is 133 Å². The number of amides is 1. The molecule has 0 aromatic rings. The lowest BCUT2D eigenvalue weighted by Gasteiger charge is -2.13. The highest BCUT2D eigenvalue weighted by Crippen LogP contribution is 1.92. The average Bonchev–Trinajstić information content (AvgIpc) is 2.16. The Labute approximate surface area is 107 Å². The molecule has 8 nitrogen and oxygen atoms in total. The minimum atomic E-state index is -1.08. The highest BCUT2D eigenvalue weighted by molar-refractivity contribution is 5.73. The molecule has 0 rings (SSSR count). The van der Waals surface area contributed by atoms with E-state index in [9.17, 15) is 9.59 Å².